The molecule has 2 rings (SSSR count). The zero-order valence-electron chi connectivity index (χ0n) is 15.7. The van der Waals surface area contributed by atoms with E-state index in [-0.39, 0.29) is 11.5 Å². The Kier molecular flexibility index (Phi) is 6.33. The van der Waals surface area contributed by atoms with E-state index < -0.39 is 29.5 Å². The highest BCUT2D eigenvalue weighted by Gasteiger charge is 2.22. The number of hydrogen-bond donors (Lipinski definition) is 3. The first-order valence-electron chi connectivity index (χ1n) is 8.42. The van der Waals surface area contributed by atoms with Crippen molar-refractivity contribution in [2.75, 3.05) is 10.6 Å². The summed E-state index contributed by atoms with van der Waals surface area (Å²) in [5.41, 5.74) is 0.202. The second kappa shape index (κ2) is 8.48. The summed E-state index contributed by atoms with van der Waals surface area (Å²) in [5, 5.41) is 8.01. The third-order valence-electron chi connectivity index (χ3n) is 3.28. The molecular formula is C19H23FN4O3. The third-order valence-corrected chi connectivity index (χ3v) is 3.28. The van der Waals surface area contributed by atoms with Crippen LogP contribution in [-0.2, 0) is 9.53 Å². The summed E-state index contributed by atoms with van der Waals surface area (Å²) in [5.74, 6) is -0.860. The van der Waals surface area contributed by atoms with E-state index in [4.69, 9.17) is 4.74 Å². The lowest BCUT2D eigenvalue weighted by Gasteiger charge is -2.22. The van der Waals surface area contributed by atoms with Gasteiger partial charge in [0.2, 0.25) is 5.91 Å². The first-order valence-corrected chi connectivity index (χ1v) is 8.42. The van der Waals surface area contributed by atoms with Gasteiger partial charge in [0.05, 0.1) is 11.9 Å². The van der Waals surface area contributed by atoms with Gasteiger partial charge in [-0.05, 0) is 39.8 Å². The van der Waals surface area contributed by atoms with E-state index in [0.29, 0.717) is 0 Å². The molecule has 0 spiro atoms. The highest BCUT2D eigenvalue weighted by molar-refractivity contribution is 5.98. The van der Waals surface area contributed by atoms with Crippen LogP contribution in [0, 0.1) is 5.82 Å². The largest absolute Gasteiger partial charge is 0.444 e. The number of rotatable bonds is 5. The Morgan fingerprint density at radius 1 is 1.19 bits per heavy atom. The molecule has 144 valence electrons. The van der Waals surface area contributed by atoms with Crippen molar-refractivity contribution in [1.82, 2.24) is 10.3 Å². The molecule has 0 bridgehead atoms. The van der Waals surface area contributed by atoms with Gasteiger partial charge in [-0.1, -0.05) is 18.2 Å². The molecule has 0 radical (unpaired) electrons. The Balaban J connectivity index is 2.08. The van der Waals surface area contributed by atoms with Crippen LogP contribution in [0.4, 0.5) is 26.4 Å². The van der Waals surface area contributed by atoms with Crippen molar-refractivity contribution in [2.45, 2.75) is 39.3 Å². The van der Waals surface area contributed by atoms with Crippen LogP contribution in [-0.4, -0.2) is 28.6 Å². The minimum absolute atomic E-state index is 0.154. The predicted molar refractivity (Wildman–Crippen MR) is 101 cm³/mol. The van der Waals surface area contributed by atoms with Crippen LogP contribution in [0.1, 0.15) is 27.7 Å². The van der Waals surface area contributed by atoms with Gasteiger partial charge in [0, 0.05) is 11.8 Å². The van der Waals surface area contributed by atoms with Gasteiger partial charge in [-0.3, -0.25) is 4.79 Å². The van der Waals surface area contributed by atoms with E-state index in [0.717, 1.165) is 18.0 Å². The first-order chi connectivity index (χ1) is 12.6. The van der Waals surface area contributed by atoms with Crippen molar-refractivity contribution in [1.29, 1.82) is 0 Å². The normalized spacial score (nSPS) is 12.0. The van der Waals surface area contributed by atoms with Gasteiger partial charge in [0.15, 0.2) is 5.82 Å². The van der Waals surface area contributed by atoms with Crippen molar-refractivity contribution < 1.29 is 18.7 Å². The molecule has 1 aromatic carbocycles. The van der Waals surface area contributed by atoms with Crippen LogP contribution >= 0.6 is 0 Å². The van der Waals surface area contributed by atoms with Gasteiger partial charge in [-0.25, -0.2) is 14.2 Å². The fourth-order valence-corrected chi connectivity index (χ4v) is 2.08. The summed E-state index contributed by atoms with van der Waals surface area (Å²) in [7, 11) is 0. The van der Waals surface area contributed by atoms with Crippen LogP contribution in [0.5, 0.6) is 0 Å². The average molecular weight is 374 g/mol. The van der Waals surface area contributed by atoms with E-state index in [1.54, 1.807) is 20.8 Å². The minimum Gasteiger partial charge on any atom is -0.444 e. The molecule has 0 unspecified atom stereocenters. The highest BCUT2D eigenvalue weighted by Crippen LogP contribution is 2.24. The molecule has 1 aromatic heterocycles. The smallest absolute Gasteiger partial charge is 0.408 e. The number of halogens is 1. The van der Waals surface area contributed by atoms with E-state index in [2.05, 4.69) is 20.9 Å². The number of nitrogens with zero attached hydrogens (tertiary/aromatic N) is 1. The SMILES string of the molecule is C[C@H](NC(=O)OC(C)(C)C)C(=O)Nc1cc(F)cnc1Nc1ccccc1. The van der Waals surface area contributed by atoms with E-state index in [1.165, 1.54) is 6.92 Å². The van der Waals surface area contributed by atoms with Crippen LogP contribution < -0.4 is 16.0 Å². The zero-order valence-corrected chi connectivity index (χ0v) is 15.7. The summed E-state index contributed by atoms with van der Waals surface area (Å²) in [6.45, 7) is 6.65. The van der Waals surface area contributed by atoms with Crippen LogP contribution in [0.2, 0.25) is 0 Å². The van der Waals surface area contributed by atoms with Crippen LogP contribution in [0.15, 0.2) is 42.6 Å². The van der Waals surface area contributed by atoms with Gasteiger partial charge in [-0.2, -0.15) is 0 Å². The second-order valence-electron chi connectivity index (χ2n) is 6.90. The summed E-state index contributed by atoms with van der Waals surface area (Å²) < 4.78 is 18.7. The van der Waals surface area contributed by atoms with Crippen molar-refractivity contribution >= 4 is 29.2 Å². The number of amides is 2. The second-order valence-corrected chi connectivity index (χ2v) is 6.90. The standard InChI is InChI=1S/C19H23FN4O3/c1-12(22-18(26)27-19(2,3)4)17(25)24-15-10-13(20)11-21-16(15)23-14-8-6-5-7-9-14/h5-12H,1-4H3,(H,21,23)(H,22,26)(H,24,25)/t12-/m0/s1. The van der Waals surface area contributed by atoms with E-state index >= 15 is 0 Å². The number of carbonyl (C=O) groups is 2. The number of aromatic nitrogens is 1. The number of pyridine rings is 1. The maximum Gasteiger partial charge on any atom is 0.408 e. The molecule has 3 N–H and O–H groups in total. The number of alkyl carbamates (subject to hydrolysis) is 1. The van der Waals surface area contributed by atoms with Crippen molar-refractivity contribution in [3.05, 3.63) is 48.4 Å². The van der Waals surface area contributed by atoms with E-state index in [1.807, 2.05) is 30.3 Å². The number of nitrogens with one attached hydrogen (secondary N) is 3. The summed E-state index contributed by atoms with van der Waals surface area (Å²) >= 11 is 0. The fraction of sp³-hybridized carbons (Fsp3) is 0.316. The maximum absolute atomic E-state index is 13.6. The molecule has 2 aromatic rings. The van der Waals surface area contributed by atoms with Gasteiger partial charge in [0.25, 0.3) is 0 Å². The van der Waals surface area contributed by atoms with Crippen molar-refractivity contribution in [2.24, 2.45) is 0 Å². The van der Waals surface area contributed by atoms with Crippen LogP contribution in [0.3, 0.4) is 0 Å². The lowest BCUT2D eigenvalue weighted by atomic mass is 10.2. The highest BCUT2D eigenvalue weighted by atomic mass is 19.1. The molecule has 0 aliphatic heterocycles. The van der Waals surface area contributed by atoms with Crippen molar-refractivity contribution in [3.63, 3.8) is 0 Å². The molecule has 7 nitrogen and oxygen atoms in total. The summed E-state index contributed by atoms with van der Waals surface area (Å²) in [6, 6.07) is 9.39. The Bertz CT molecular complexity index is 806. The lowest BCUT2D eigenvalue weighted by molar-refractivity contribution is -0.117. The number of benzene rings is 1. The zero-order chi connectivity index (χ0) is 20.0. The van der Waals surface area contributed by atoms with Gasteiger partial charge in [0.1, 0.15) is 17.5 Å². The molecular weight excluding hydrogens is 351 g/mol. The number of carbonyl (C=O) groups excluding carboxylic acids is 2. The molecule has 1 heterocycles. The maximum atomic E-state index is 13.6. The summed E-state index contributed by atoms with van der Waals surface area (Å²) in [4.78, 5) is 28.1. The Hall–Kier alpha value is -3.16. The van der Waals surface area contributed by atoms with E-state index in [9.17, 15) is 14.0 Å². The minimum atomic E-state index is -0.896. The molecule has 0 saturated heterocycles. The molecule has 0 saturated carbocycles. The van der Waals surface area contributed by atoms with Crippen LogP contribution in [0.25, 0.3) is 0 Å². The molecule has 0 fully saturated rings. The third kappa shape index (κ3) is 6.58. The molecule has 1 atom stereocenters. The Morgan fingerprint density at radius 2 is 1.85 bits per heavy atom. The topological polar surface area (TPSA) is 92.3 Å². The molecule has 0 aliphatic rings. The number of hydrogen-bond acceptors (Lipinski definition) is 5. The fourth-order valence-electron chi connectivity index (χ4n) is 2.08. The number of ether oxygens (including phenoxy) is 1. The van der Waals surface area contributed by atoms with Gasteiger partial charge >= 0.3 is 6.09 Å². The number of para-hydroxylation sites is 1. The summed E-state index contributed by atoms with van der Waals surface area (Å²) in [6.07, 6.45) is 0.327. The predicted octanol–water partition coefficient (Wildman–Crippen LogP) is 3.82. The lowest BCUT2D eigenvalue weighted by Crippen LogP contribution is -2.44. The average Bonchev–Trinajstić information content (AvgIpc) is 2.56. The first kappa shape index (κ1) is 20.2. The molecule has 0 aliphatic carbocycles. The molecule has 27 heavy (non-hydrogen) atoms. The van der Waals surface area contributed by atoms with Gasteiger partial charge in [-0.15, -0.1) is 0 Å². The monoisotopic (exact) mass is 374 g/mol. The van der Waals surface area contributed by atoms with Crippen molar-refractivity contribution in [3.8, 4) is 0 Å². The molecule has 8 heteroatoms. The Labute approximate surface area is 157 Å². The molecule has 2 amide bonds. The quantitative estimate of drug-likeness (QED) is 0.740. The number of anilines is 3. The Morgan fingerprint density at radius 3 is 2.48 bits per heavy atom. The van der Waals surface area contributed by atoms with Gasteiger partial charge < -0.3 is 20.7 Å².